The third-order valence-corrected chi connectivity index (χ3v) is 4.21. The molecule has 24 heavy (non-hydrogen) atoms. The lowest BCUT2D eigenvalue weighted by Crippen LogP contribution is -2.18. The van der Waals surface area contributed by atoms with Gasteiger partial charge in [0.25, 0.3) is 0 Å². The fourth-order valence-corrected chi connectivity index (χ4v) is 3.06. The minimum Gasteiger partial charge on any atom is -0.396 e. The number of nitrogens with zero attached hydrogens (tertiary/aromatic N) is 3. The van der Waals surface area contributed by atoms with E-state index in [0.717, 1.165) is 23.0 Å². The SMILES string of the molecule is CCOC(CC(CCO)n1nnc2ccccc21)c1ccccc1. The molecule has 0 saturated heterocycles. The first-order valence-corrected chi connectivity index (χ1v) is 8.40. The molecule has 0 spiro atoms. The number of rotatable bonds is 8. The summed E-state index contributed by atoms with van der Waals surface area (Å²) >= 11 is 0. The maximum absolute atomic E-state index is 9.52. The normalized spacial score (nSPS) is 13.9. The Labute approximate surface area is 141 Å². The Kier molecular flexibility index (Phi) is 5.56. The van der Waals surface area contributed by atoms with Crippen LogP contribution < -0.4 is 0 Å². The van der Waals surface area contributed by atoms with Crippen LogP contribution in [0.1, 0.15) is 37.5 Å². The van der Waals surface area contributed by atoms with Crippen LogP contribution >= 0.6 is 0 Å². The lowest BCUT2D eigenvalue weighted by molar-refractivity contribution is 0.0409. The van der Waals surface area contributed by atoms with Gasteiger partial charge in [0, 0.05) is 19.6 Å². The highest BCUT2D eigenvalue weighted by atomic mass is 16.5. The Morgan fingerprint density at radius 3 is 2.58 bits per heavy atom. The van der Waals surface area contributed by atoms with E-state index in [-0.39, 0.29) is 18.8 Å². The van der Waals surface area contributed by atoms with Gasteiger partial charge in [-0.1, -0.05) is 47.7 Å². The number of aliphatic hydroxyl groups is 1. The molecule has 0 bridgehead atoms. The average Bonchev–Trinajstić information content (AvgIpc) is 3.05. The molecule has 2 atom stereocenters. The van der Waals surface area contributed by atoms with Gasteiger partial charge >= 0.3 is 0 Å². The van der Waals surface area contributed by atoms with Gasteiger partial charge in [0.1, 0.15) is 5.52 Å². The van der Waals surface area contributed by atoms with Crippen LogP contribution in [0.15, 0.2) is 54.6 Å². The van der Waals surface area contributed by atoms with Crippen molar-refractivity contribution in [2.24, 2.45) is 0 Å². The van der Waals surface area contributed by atoms with Crippen LogP contribution in [0.2, 0.25) is 0 Å². The number of hydrogen-bond acceptors (Lipinski definition) is 4. The highest BCUT2D eigenvalue weighted by Crippen LogP contribution is 2.30. The first kappa shape index (κ1) is 16.6. The zero-order valence-corrected chi connectivity index (χ0v) is 13.9. The van der Waals surface area contributed by atoms with Crippen LogP contribution in [0.4, 0.5) is 0 Å². The quantitative estimate of drug-likeness (QED) is 0.688. The van der Waals surface area contributed by atoms with E-state index < -0.39 is 0 Å². The fourth-order valence-electron chi connectivity index (χ4n) is 3.06. The summed E-state index contributed by atoms with van der Waals surface area (Å²) in [6.07, 6.45) is 1.32. The molecule has 0 fully saturated rings. The largest absolute Gasteiger partial charge is 0.396 e. The van der Waals surface area contributed by atoms with E-state index in [2.05, 4.69) is 22.4 Å². The van der Waals surface area contributed by atoms with Crippen molar-refractivity contribution in [3.8, 4) is 0 Å². The highest BCUT2D eigenvalue weighted by Gasteiger charge is 2.22. The number of aliphatic hydroxyl groups excluding tert-OH is 1. The third-order valence-electron chi connectivity index (χ3n) is 4.21. The molecule has 0 aliphatic rings. The lowest BCUT2D eigenvalue weighted by Gasteiger charge is -2.24. The van der Waals surface area contributed by atoms with Gasteiger partial charge in [0.15, 0.2) is 0 Å². The molecule has 0 aliphatic heterocycles. The maximum atomic E-state index is 9.52. The molecule has 2 aromatic carbocycles. The van der Waals surface area contributed by atoms with Crippen LogP contribution in [0.25, 0.3) is 11.0 Å². The van der Waals surface area contributed by atoms with Gasteiger partial charge in [0.2, 0.25) is 0 Å². The van der Waals surface area contributed by atoms with Crippen LogP contribution in [0, 0.1) is 0 Å². The van der Waals surface area contributed by atoms with E-state index in [0.29, 0.717) is 13.0 Å². The Hall–Kier alpha value is -2.24. The highest BCUT2D eigenvalue weighted by molar-refractivity contribution is 5.73. The summed E-state index contributed by atoms with van der Waals surface area (Å²) in [5, 5.41) is 18.1. The van der Waals surface area contributed by atoms with Gasteiger partial charge in [-0.2, -0.15) is 0 Å². The van der Waals surface area contributed by atoms with Crippen LogP contribution in [-0.4, -0.2) is 33.3 Å². The molecule has 1 aromatic heterocycles. The number of fused-ring (bicyclic) bond motifs is 1. The van der Waals surface area contributed by atoms with E-state index in [1.165, 1.54) is 0 Å². The molecule has 0 amide bonds. The molecule has 1 N–H and O–H groups in total. The standard InChI is InChI=1S/C19H23N3O2/c1-2-24-19(15-8-4-3-5-9-15)14-16(12-13-23)22-18-11-7-6-10-17(18)20-21-22/h3-11,16,19,23H,2,12-14H2,1H3. The van der Waals surface area contributed by atoms with Crippen molar-refractivity contribution in [2.45, 2.75) is 31.9 Å². The van der Waals surface area contributed by atoms with Crippen LogP contribution in [-0.2, 0) is 4.74 Å². The summed E-state index contributed by atoms with van der Waals surface area (Å²) < 4.78 is 7.89. The smallest absolute Gasteiger partial charge is 0.113 e. The molecular weight excluding hydrogens is 302 g/mol. The lowest BCUT2D eigenvalue weighted by atomic mass is 10.00. The number of hydrogen-bond donors (Lipinski definition) is 1. The summed E-state index contributed by atoms with van der Waals surface area (Å²) in [7, 11) is 0. The summed E-state index contributed by atoms with van der Waals surface area (Å²) in [5.74, 6) is 0. The molecule has 2 unspecified atom stereocenters. The van der Waals surface area contributed by atoms with Crippen molar-refractivity contribution >= 4 is 11.0 Å². The first-order chi connectivity index (χ1) is 11.8. The molecular formula is C19H23N3O2. The van der Waals surface area contributed by atoms with E-state index >= 15 is 0 Å². The number of aromatic nitrogens is 3. The molecule has 0 aliphatic carbocycles. The molecule has 0 saturated carbocycles. The van der Waals surface area contributed by atoms with Gasteiger partial charge < -0.3 is 9.84 Å². The zero-order valence-electron chi connectivity index (χ0n) is 13.9. The molecule has 3 rings (SSSR count). The second kappa shape index (κ2) is 8.04. The van der Waals surface area contributed by atoms with Crippen molar-refractivity contribution in [2.75, 3.05) is 13.2 Å². The molecule has 5 heteroatoms. The molecule has 126 valence electrons. The van der Waals surface area contributed by atoms with Crippen molar-refractivity contribution in [3.05, 3.63) is 60.2 Å². The number of benzene rings is 2. The Bertz CT molecular complexity index is 757. The van der Waals surface area contributed by atoms with Gasteiger partial charge in [-0.25, -0.2) is 4.68 Å². The molecule has 1 heterocycles. The predicted molar refractivity (Wildman–Crippen MR) is 93.7 cm³/mol. The van der Waals surface area contributed by atoms with Gasteiger partial charge in [-0.15, -0.1) is 5.10 Å². The van der Waals surface area contributed by atoms with E-state index in [4.69, 9.17) is 4.74 Å². The average molecular weight is 325 g/mol. The summed E-state index contributed by atoms with van der Waals surface area (Å²) in [6, 6.07) is 18.1. The van der Waals surface area contributed by atoms with Crippen LogP contribution in [0.5, 0.6) is 0 Å². The van der Waals surface area contributed by atoms with Crippen molar-refractivity contribution in [3.63, 3.8) is 0 Å². The molecule has 3 aromatic rings. The van der Waals surface area contributed by atoms with Crippen molar-refractivity contribution in [1.29, 1.82) is 0 Å². The van der Waals surface area contributed by atoms with Crippen LogP contribution in [0.3, 0.4) is 0 Å². The second-order valence-electron chi connectivity index (χ2n) is 5.78. The minimum absolute atomic E-state index is 0.0270. The second-order valence-corrected chi connectivity index (χ2v) is 5.78. The Morgan fingerprint density at radius 2 is 1.83 bits per heavy atom. The maximum Gasteiger partial charge on any atom is 0.113 e. The predicted octanol–water partition coefficient (Wildman–Crippen LogP) is 3.52. The fraction of sp³-hybridized carbons (Fsp3) is 0.368. The summed E-state index contributed by atoms with van der Waals surface area (Å²) in [5.41, 5.74) is 3.00. The summed E-state index contributed by atoms with van der Waals surface area (Å²) in [6.45, 7) is 2.75. The van der Waals surface area contributed by atoms with Gasteiger partial charge in [-0.3, -0.25) is 0 Å². The first-order valence-electron chi connectivity index (χ1n) is 8.40. The Morgan fingerprint density at radius 1 is 1.08 bits per heavy atom. The molecule has 5 nitrogen and oxygen atoms in total. The van der Waals surface area contributed by atoms with Crippen molar-refractivity contribution < 1.29 is 9.84 Å². The molecule has 0 radical (unpaired) electrons. The number of ether oxygens (including phenoxy) is 1. The van der Waals surface area contributed by atoms with Crippen molar-refractivity contribution in [1.82, 2.24) is 15.0 Å². The van der Waals surface area contributed by atoms with E-state index in [1.54, 1.807) is 0 Å². The monoisotopic (exact) mass is 325 g/mol. The van der Waals surface area contributed by atoms with E-state index in [9.17, 15) is 5.11 Å². The number of para-hydroxylation sites is 1. The van der Waals surface area contributed by atoms with E-state index in [1.807, 2.05) is 54.1 Å². The summed E-state index contributed by atoms with van der Waals surface area (Å²) in [4.78, 5) is 0. The Balaban J connectivity index is 1.89. The third kappa shape index (κ3) is 3.63. The zero-order chi connectivity index (χ0) is 16.8. The topological polar surface area (TPSA) is 60.2 Å². The van der Waals surface area contributed by atoms with Gasteiger partial charge in [-0.05, 0) is 31.0 Å². The van der Waals surface area contributed by atoms with Gasteiger partial charge in [0.05, 0.1) is 17.7 Å². The minimum atomic E-state index is -0.0317.